The minimum Gasteiger partial charge on any atom is -0.344 e. The number of hydrogen-bond donors (Lipinski definition) is 1. The number of benzene rings is 8. The molecule has 0 bridgehead atoms. The minimum absolute atomic E-state index is 0.0567. The molecule has 8 aromatic carbocycles. The van der Waals surface area contributed by atoms with E-state index in [9.17, 15) is 0 Å². The minimum atomic E-state index is -0.0567. The van der Waals surface area contributed by atoms with Gasteiger partial charge in [0.1, 0.15) is 0 Å². The molecule has 0 saturated heterocycles. The van der Waals surface area contributed by atoms with E-state index in [4.69, 9.17) is 4.99 Å². The lowest BCUT2D eigenvalue weighted by Crippen LogP contribution is -2.36. The van der Waals surface area contributed by atoms with Gasteiger partial charge in [0.25, 0.3) is 0 Å². The predicted molar refractivity (Wildman–Crippen MR) is 225 cm³/mol. The Morgan fingerprint density at radius 2 is 0.889 bits per heavy atom. The van der Waals surface area contributed by atoms with Crippen LogP contribution in [0, 0.1) is 0 Å². The van der Waals surface area contributed by atoms with Gasteiger partial charge in [0.05, 0.1) is 33.8 Å². The molecule has 4 heteroatoms. The molecule has 1 atom stereocenters. The molecule has 3 heterocycles. The number of aromatic nitrogens is 2. The lowest BCUT2D eigenvalue weighted by molar-refractivity contribution is 0.731. The summed E-state index contributed by atoms with van der Waals surface area (Å²) in [6.45, 7) is 0. The van der Waals surface area contributed by atoms with Crippen LogP contribution in [0.2, 0.25) is 0 Å². The highest BCUT2D eigenvalue weighted by Crippen LogP contribution is 2.39. The molecule has 11 rings (SSSR count). The average molecular weight is 691 g/mol. The Bertz CT molecular complexity index is 3060. The molecule has 0 saturated carbocycles. The predicted octanol–water partition coefficient (Wildman–Crippen LogP) is 12.5. The molecule has 1 unspecified atom stereocenters. The second kappa shape index (κ2) is 12.2. The van der Waals surface area contributed by atoms with Crippen LogP contribution in [-0.2, 0) is 0 Å². The van der Waals surface area contributed by atoms with Gasteiger partial charge in [0, 0.05) is 32.8 Å². The SMILES string of the molecule is c1ccc(-c2ccc(C3NC(n4c5ccccc5c5cc(-c6ccc7c(c6)c6ccccc6n7-c6ccccc6)ccc54)=Nc4ccccc43)cc2)cc1. The molecular formula is C50H34N4. The van der Waals surface area contributed by atoms with Crippen LogP contribution in [-0.4, -0.2) is 15.1 Å². The fourth-order valence-electron chi connectivity index (χ4n) is 8.45. The molecule has 10 aromatic rings. The van der Waals surface area contributed by atoms with Crippen LogP contribution >= 0.6 is 0 Å². The van der Waals surface area contributed by atoms with Crippen molar-refractivity contribution in [3.05, 3.63) is 205 Å². The van der Waals surface area contributed by atoms with Crippen molar-refractivity contribution in [2.75, 3.05) is 0 Å². The van der Waals surface area contributed by atoms with Crippen molar-refractivity contribution < 1.29 is 0 Å². The highest BCUT2D eigenvalue weighted by Gasteiger charge is 2.26. The van der Waals surface area contributed by atoms with Gasteiger partial charge >= 0.3 is 0 Å². The fourth-order valence-corrected chi connectivity index (χ4v) is 8.45. The molecule has 254 valence electrons. The monoisotopic (exact) mass is 690 g/mol. The van der Waals surface area contributed by atoms with E-state index in [1.54, 1.807) is 0 Å². The summed E-state index contributed by atoms with van der Waals surface area (Å²) in [6.07, 6.45) is 0. The first-order valence-corrected chi connectivity index (χ1v) is 18.5. The molecule has 4 nitrogen and oxygen atoms in total. The van der Waals surface area contributed by atoms with E-state index >= 15 is 0 Å². The molecule has 2 aromatic heterocycles. The number of rotatable bonds is 4. The second-order valence-corrected chi connectivity index (χ2v) is 14.1. The summed E-state index contributed by atoms with van der Waals surface area (Å²) in [5, 5.41) is 8.77. The van der Waals surface area contributed by atoms with Crippen LogP contribution in [0.25, 0.3) is 71.6 Å². The molecule has 54 heavy (non-hydrogen) atoms. The summed E-state index contributed by atoms with van der Waals surface area (Å²) >= 11 is 0. The van der Waals surface area contributed by atoms with Gasteiger partial charge in [-0.05, 0) is 82.4 Å². The van der Waals surface area contributed by atoms with Crippen LogP contribution in [0.4, 0.5) is 5.69 Å². The number of nitrogens with one attached hydrogen (secondary N) is 1. The Morgan fingerprint density at radius 3 is 1.57 bits per heavy atom. The molecule has 0 amide bonds. The van der Waals surface area contributed by atoms with E-state index in [1.165, 1.54) is 71.6 Å². The molecule has 0 aliphatic carbocycles. The zero-order valence-corrected chi connectivity index (χ0v) is 29.4. The molecular weight excluding hydrogens is 657 g/mol. The standard InChI is InChI=1S/C50H34N4/c1-3-13-33(14-4-1)34-23-25-35(26-24-34)49-41-19-7-10-20-44(41)51-50(52-49)54-46-22-12-9-18-40(46)43-32-37(28-30-48(43)54)36-27-29-47-42(31-36)39-17-8-11-21-45(39)53(47)38-15-5-2-6-16-38/h1-32,49H,(H,51,52). The van der Waals surface area contributed by atoms with Crippen LogP contribution in [0.15, 0.2) is 199 Å². The first-order valence-electron chi connectivity index (χ1n) is 18.5. The highest BCUT2D eigenvalue weighted by atomic mass is 15.2. The van der Waals surface area contributed by atoms with Gasteiger partial charge in [-0.3, -0.25) is 4.57 Å². The third kappa shape index (κ3) is 4.81. The highest BCUT2D eigenvalue weighted by molar-refractivity contribution is 6.16. The number of fused-ring (bicyclic) bond motifs is 7. The van der Waals surface area contributed by atoms with Gasteiger partial charge < -0.3 is 9.88 Å². The summed E-state index contributed by atoms with van der Waals surface area (Å²) in [7, 11) is 0. The van der Waals surface area contributed by atoms with Crippen LogP contribution in [0.3, 0.4) is 0 Å². The zero-order valence-electron chi connectivity index (χ0n) is 29.4. The Balaban J connectivity index is 1.03. The van der Waals surface area contributed by atoms with Crippen LogP contribution < -0.4 is 5.32 Å². The van der Waals surface area contributed by atoms with Gasteiger partial charge in [-0.15, -0.1) is 0 Å². The van der Waals surface area contributed by atoms with Crippen LogP contribution in [0.5, 0.6) is 0 Å². The third-order valence-corrected chi connectivity index (χ3v) is 11.0. The van der Waals surface area contributed by atoms with E-state index in [0.717, 1.165) is 22.7 Å². The summed E-state index contributed by atoms with van der Waals surface area (Å²) in [5.41, 5.74) is 14.0. The summed E-state index contributed by atoms with van der Waals surface area (Å²) in [6, 6.07) is 69.7. The van der Waals surface area contributed by atoms with Gasteiger partial charge in [0.15, 0.2) is 0 Å². The average Bonchev–Trinajstić information content (AvgIpc) is 3.76. The lowest BCUT2D eigenvalue weighted by Gasteiger charge is -2.28. The molecule has 1 aliphatic heterocycles. The van der Waals surface area contributed by atoms with Crippen molar-refractivity contribution in [1.29, 1.82) is 0 Å². The number of para-hydroxylation sites is 4. The van der Waals surface area contributed by atoms with E-state index in [-0.39, 0.29) is 6.04 Å². The van der Waals surface area contributed by atoms with E-state index in [0.29, 0.717) is 0 Å². The largest absolute Gasteiger partial charge is 0.344 e. The number of hydrogen-bond acceptors (Lipinski definition) is 2. The first kappa shape index (κ1) is 30.5. The van der Waals surface area contributed by atoms with Crippen molar-refractivity contribution in [1.82, 2.24) is 14.5 Å². The maximum absolute atomic E-state index is 5.27. The quantitative estimate of drug-likeness (QED) is 0.196. The maximum atomic E-state index is 5.27. The van der Waals surface area contributed by atoms with Crippen molar-refractivity contribution >= 4 is 55.3 Å². The number of nitrogens with zero attached hydrogens (tertiary/aromatic N) is 3. The topological polar surface area (TPSA) is 34.2 Å². The van der Waals surface area contributed by atoms with Crippen molar-refractivity contribution in [2.24, 2.45) is 4.99 Å². The molecule has 0 fully saturated rings. The van der Waals surface area contributed by atoms with Crippen molar-refractivity contribution in [2.45, 2.75) is 6.04 Å². The van der Waals surface area contributed by atoms with E-state index < -0.39 is 0 Å². The molecule has 1 aliphatic rings. The Kier molecular flexibility index (Phi) is 6.89. The van der Waals surface area contributed by atoms with Gasteiger partial charge in [-0.1, -0.05) is 140 Å². The van der Waals surface area contributed by atoms with E-state index in [2.05, 4.69) is 209 Å². The van der Waals surface area contributed by atoms with Gasteiger partial charge in [0.2, 0.25) is 5.96 Å². The van der Waals surface area contributed by atoms with Gasteiger partial charge in [-0.25, -0.2) is 4.99 Å². The summed E-state index contributed by atoms with van der Waals surface area (Å²) < 4.78 is 4.67. The van der Waals surface area contributed by atoms with Crippen molar-refractivity contribution in [3.63, 3.8) is 0 Å². The Hall–Kier alpha value is -7.17. The maximum Gasteiger partial charge on any atom is 0.209 e. The molecule has 0 spiro atoms. The van der Waals surface area contributed by atoms with Gasteiger partial charge in [-0.2, -0.15) is 0 Å². The normalized spacial score (nSPS) is 14.0. The smallest absolute Gasteiger partial charge is 0.209 e. The third-order valence-electron chi connectivity index (χ3n) is 11.0. The summed E-state index contributed by atoms with van der Waals surface area (Å²) in [5.74, 6) is 0.819. The van der Waals surface area contributed by atoms with Crippen molar-refractivity contribution in [3.8, 4) is 27.9 Å². The number of aliphatic imine (C=N–C) groups is 1. The fraction of sp³-hybridized carbons (Fsp3) is 0.0200. The van der Waals surface area contributed by atoms with Crippen LogP contribution in [0.1, 0.15) is 17.2 Å². The Labute approximate surface area is 312 Å². The molecule has 0 radical (unpaired) electrons. The zero-order chi connectivity index (χ0) is 35.6. The summed E-state index contributed by atoms with van der Waals surface area (Å²) in [4.78, 5) is 5.27. The molecule has 1 N–H and O–H groups in total. The van der Waals surface area contributed by atoms with E-state index in [1.807, 2.05) is 0 Å². The second-order valence-electron chi connectivity index (χ2n) is 14.1. The lowest BCUT2D eigenvalue weighted by atomic mass is 9.94. The first-order chi connectivity index (χ1) is 26.8. The Morgan fingerprint density at radius 1 is 0.389 bits per heavy atom.